The van der Waals surface area contributed by atoms with Gasteiger partial charge in [0.05, 0.1) is 38.4 Å². The van der Waals surface area contributed by atoms with Crippen molar-refractivity contribution in [2.75, 3.05) is 6.61 Å². The number of aryl methyl sites for hydroxylation is 1. The summed E-state index contributed by atoms with van der Waals surface area (Å²) in [6, 6.07) is 39.8. The number of halogens is 3. The Bertz CT molecular complexity index is 2090. The van der Waals surface area contributed by atoms with Crippen molar-refractivity contribution >= 4 is 21.5 Å². The molecule has 6 rings (SSSR count). The molecule has 0 amide bonds. The van der Waals surface area contributed by atoms with Gasteiger partial charge in [-0.15, -0.1) is 0 Å². The third kappa shape index (κ3) is 11.4. The summed E-state index contributed by atoms with van der Waals surface area (Å²) in [5.41, 5.74) is 6.85. The van der Waals surface area contributed by atoms with Crippen molar-refractivity contribution in [3.63, 3.8) is 0 Å². The summed E-state index contributed by atoms with van der Waals surface area (Å²) in [5.74, 6) is 0. The number of rotatable bonds is 15. The molecule has 5 atom stereocenters. The van der Waals surface area contributed by atoms with Crippen LogP contribution >= 0.6 is 11.3 Å². The normalized spacial score (nSPS) is 21.0. The maximum absolute atomic E-state index is 10.7. The lowest BCUT2D eigenvalue weighted by Gasteiger charge is -2.49. The Morgan fingerprint density at radius 3 is 1.62 bits per heavy atom. The van der Waals surface area contributed by atoms with Crippen molar-refractivity contribution in [3.05, 3.63) is 171 Å². The number of benzene rings is 4. The predicted octanol–water partition coefficient (Wildman–Crippen LogP) is 7.46. The van der Waals surface area contributed by atoms with Gasteiger partial charge in [-0.25, -0.2) is 8.42 Å². The first-order valence-electron chi connectivity index (χ1n) is 17.2. The topological polar surface area (TPSA) is 156 Å². The highest BCUT2D eigenvalue weighted by Gasteiger charge is 2.62. The van der Waals surface area contributed by atoms with Gasteiger partial charge in [0, 0.05) is 4.91 Å². The van der Waals surface area contributed by atoms with Crippen molar-refractivity contribution in [2.45, 2.75) is 62.1 Å². The van der Waals surface area contributed by atoms with E-state index in [1.54, 1.807) is 0 Å². The predicted molar refractivity (Wildman–Crippen MR) is 198 cm³/mol. The van der Waals surface area contributed by atoms with Crippen LogP contribution in [0.3, 0.4) is 0 Å². The highest BCUT2D eigenvalue weighted by molar-refractivity contribution is 7.86. The zero-order chi connectivity index (χ0) is 40.0. The second-order valence-electron chi connectivity index (χ2n) is 12.5. The molecule has 17 heteroatoms. The molecule has 2 heterocycles. The second kappa shape index (κ2) is 20.0. The van der Waals surface area contributed by atoms with Crippen LogP contribution < -0.4 is 4.57 Å². The van der Waals surface area contributed by atoms with Crippen molar-refractivity contribution in [1.29, 1.82) is 0 Å². The first-order valence-corrected chi connectivity index (χ1v) is 19.5. The van der Waals surface area contributed by atoms with Gasteiger partial charge in [0.15, 0.2) is 16.3 Å². The van der Waals surface area contributed by atoms with E-state index < -0.39 is 45.8 Å². The highest BCUT2D eigenvalue weighted by Crippen LogP contribution is 2.44. The molecule has 4 aromatic carbocycles. The fourth-order valence-corrected chi connectivity index (χ4v) is 6.86. The van der Waals surface area contributed by atoms with E-state index in [-0.39, 0.29) is 19.8 Å². The second-order valence-corrected chi connectivity index (χ2v) is 14.8. The van der Waals surface area contributed by atoms with Crippen molar-refractivity contribution in [3.8, 4) is 0 Å². The minimum Gasteiger partial charge on any atom is -0.741 e. The molecule has 1 aromatic heterocycles. The fraction of sp³-hybridized carbons (Fsp3) is 0.308. The van der Waals surface area contributed by atoms with Gasteiger partial charge in [-0.3, -0.25) is 0 Å². The zero-order valence-corrected chi connectivity index (χ0v) is 31.7. The quantitative estimate of drug-likeness (QED) is 0.0264. The van der Waals surface area contributed by atoms with Crippen molar-refractivity contribution in [2.24, 2.45) is 12.2 Å². The summed E-state index contributed by atoms with van der Waals surface area (Å²) >= 11 is 1.43. The van der Waals surface area contributed by atoms with E-state index in [0.29, 0.717) is 18.2 Å². The van der Waals surface area contributed by atoms with E-state index in [4.69, 9.17) is 36.7 Å². The molecule has 0 spiro atoms. The Morgan fingerprint density at radius 2 is 1.21 bits per heavy atom. The number of hydrogen-bond acceptors (Lipinski definition) is 10. The number of aromatic nitrogens is 1. The van der Waals surface area contributed by atoms with E-state index in [1.807, 2.05) is 145 Å². The number of hydrogen-bond donors (Lipinski definition) is 0. The third-order valence-electron chi connectivity index (χ3n) is 8.51. The van der Waals surface area contributed by atoms with Crippen LogP contribution in [0.1, 0.15) is 27.3 Å². The van der Waals surface area contributed by atoms with Gasteiger partial charge in [-0.05, 0) is 32.9 Å². The van der Waals surface area contributed by atoms with Crippen LogP contribution in [0.2, 0.25) is 0 Å². The minimum absolute atomic E-state index is 0.155. The monoisotopic (exact) mass is 812 g/mol. The van der Waals surface area contributed by atoms with Crippen LogP contribution in [0.15, 0.2) is 138 Å². The van der Waals surface area contributed by atoms with Crippen LogP contribution in [0.25, 0.3) is 10.4 Å². The number of alkyl halides is 3. The Balaban J connectivity index is 0.000000677. The summed E-state index contributed by atoms with van der Waals surface area (Å²) in [4.78, 5) is 3.34. The minimum atomic E-state index is -6.09. The standard InChI is InChI=1S/C38H39N4O5S.CHF3O3S/c1-42-22-23-48-37(42)38(40-41-39)36(46-27-32-20-12-5-13-21-32)35(45-26-31-18-10-4-11-19-31)34(44-25-30-16-8-3-9-17-30)33(47-38)28-43-24-29-14-6-2-7-15-29;2-1(3,4)8(5,6)7/h2-23,33-36H,24-28H2,1H3;(H,5,6,7)/q+1;/p-1/t33-,34+,35+,36-,38-;/m1./s1. The molecule has 0 saturated carbocycles. The summed E-state index contributed by atoms with van der Waals surface area (Å²) in [6.45, 7) is 1.35. The van der Waals surface area contributed by atoms with Gasteiger partial charge in [-0.1, -0.05) is 133 Å². The maximum Gasteiger partial charge on any atom is 0.485 e. The van der Waals surface area contributed by atoms with E-state index in [1.165, 1.54) is 11.3 Å². The SMILES string of the molecule is C[n+]1ccsc1[C@]1(N=[N+]=[N-])O[C@H](COCc2ccccc2)[C@H](OCc2ccccc2)[C@H](OCc2ccccc2)[C@H]1OCc1ccccc1.O=S(=O)([O-])C(F)(F)F. The van der Waals surface area contributed by atoms with E-state index in [2.05, 4.69) is 10.0 Å². The van der Waals surface area contributed by atoms with Crippen molar-refractivity contribution in [1.82, 2.24) is 0 Å². The molecule has 0 unspecified atom stereocenters. The number of nitrogens with zero attached hydrogens (tertiary/aromatic N) is 4. The average Bonchev–Trinajstić information content (AvgIpc) is 3.63. The number of ether oxygens (including phenoxy) is 5. The number of azide groups is 1. The highest BCUT2D eigenvalue weighted by atomic mass is 32.2. The summed E-state index contributed by atoms with van der Waals surface area (Å²) in [7, 11) is -4.19. The molecule has 0 aliphatic carbocycles. The first kappa shape index (κ1) is 42.5. The maximum atomic E-state index is 10.7. The molecule has 1 aliphatic heterocycles. The smallest absolute Gasteiger partial charge is 0.485 e. The fourth-order valence-electron chi connectivity index (χ4n) is 5.89. The Kier molecular flexibility index (Phi) is 15.1. The molecule has 1 fully saturated rings. The molecule has 0 N–H and O–H groups in total. The van der Waals surface area contributed by atoms with Gasteiger partial charge in [0.25, 0.3) is 10.7 Å². The van der Waals surface area contributed by atoms with E-state index in [9.17, 15) is 18.7 Å². The Hall–Kier alpha value is -4.68. The molecule has 5 aromatic rings. The molecular formula is C39H39F3N4O8S2. The molecule has 0 radical (unpaired) electrons. The molecule has 296 valence electrons. The molecule has 1 saturated heterocycles. The largest absolute Gasteiger partial charge is 0.741 e. The van der Waals surface area contributed by atoms with Gasteiger partial charge >= 0.3 is 5.51 Å². The van der Waals surface area contributed by atoms with Gasteiger partial charge in [0.2, 0.25) is 0 Å². The van der Waals surface area contributed by atoms with Crippen LogP contribution in [0.5, 0.6) is 0 Å². The lowest BCUT2D eigenvalue weighted by Crippen LogP contribution is -2.66. The molecule has 56 heavy (non-hydrogen) atoms. The van der Waals surface area contributed by atoms with Crippen LogP contribution in [0, 0.1) is 0 Å². The average molecular weight is 813 g/mol. The summed E-state index contributed by atoms with van der Waals surface area (Å²) in [6.07, 6.45) is -1.07. The first-order chi connectivity index (χ1) is 26.9. The lowest BCUT2D eigenvalue weighted by molar-refractivity contribution is -0.683. The van der Waals surface area contributed by atoms with Crippen LogP contribution in [-0.2, 0) is 73.0 Å². The van der Waals surface area contributed by atoms with Gasteiger partial charge in [-0.2, -0.15) is 17.7 Å². The molecule has 0 bridgehead atoms. The van der Waals surface area contributed by atoms with Crippen molar-refractivity contribution < 1.29 is 54.4 Å². The third-order valence-corrected chi connectivity index (χ3v) is 10.1. The molecule has 1 aliphatic rings. The van der Waals surface area contributed by atoms with Crippen LogP contribution in [0.4, 0.5) is 13.2 Å². The number of thiazole rings is 1. The summed E-state index contributed by atoms with van der Waals surface area (Å²) in [5, 5.41) is 7.02. The van der Waals surface area contributed by atoms with Gasteiger partial charge < -0.3 is 28.2 Å². The van der Waals surface area contributed by atoms with E-state index in [0.717, 1.165) is 22.3 Å². The van der Waals surface area contributed by atoms with Crippen LogP contribution in [-0.4, -0.2) is 49.5 Å². The lowest BCUT2D eigenvalue weighted by atomic mass is 9.90. The molecule has 12 nitrogen and oxygen atoms in total. The van der Waals surface area contributed by atoms with E-state index >= 15 is 0 Å². The zero-order valence-electron chi connectivity index (χ0n) is 30.1. The Morgan fingerprint density at radius 1 is 0.786 bits per heavy atom. The Labute approximate surface area is 326 Å². The summed E-state index contributed by atoms with van der Waals surface area (Å²) < 4.78 is 94.4. The molecular weight excluding hydrogens is 774 g/mol. The van der Waals surface area contributed by atoms with Gasteiger partial charge in [0.1, 0.15) is 31.5 Å².